The van der Waals surface area contributed by atoms with Gasteiger partial charge in [-0.05, 0) is 57.5 Å². The molecule has 0 aliphatic heterocycles. The summed E-state index contributed by atoms with van der Waals surface area (Å²) in [5, 5.41) is 6.78. The zero-order valence-corrected chi connectivity index (χ0v) is 14.8. The molecular weight excluding hydrogens is 288 g/mol. The van der Waals surface area contributed by atoms with Gasteiger partial charge < -0.3 is 20.3 Å². The fourth-order valence-electron chi connectivity index (χ4n) is 2.48. The van der Waals surface area contributed by atoms with E-state index in [1.165, 1.54) is 18.4 Å². The fraction of sp³-hybridized carbons (Fsp3) is 0.611. The Labute approximate surface area is 140 Å². The predicted octanol–water partition coefficient (Wildman–Crippen LogP) is 2.26. The van der Waals surface area contributed by atoms with E-state index in [0.717, 1.165) is 37.3 Å². The number of benzene rings is 1. The summed E-state index contributed by atoms with van der Waals surface area (Å²) in [5.41, 5.74) is 1.25. The minimum Gasteiger partial charge on any atom is -0.497 e. The van der Waals surface area contributed by atoms with Crippen LogP contribution in [0.5, 0.6) is 5.75 Å². The van der Waals surface area contributed by atoms with Crippen molar-refractivity contribution in [3.05, 3.63) is 29.8 Å². The second kappa shape index (κ2) is 8.77. The first-order chi connectivity index (χ1) is 11.1. The molecule has 23 heavy (non-hydrogen) atoms. The van der Waals surface area contributed by atoms with Gasteiger partial charge in [-0.25, -0.2) is 0 Å². The molecule has 1 saturated carbocycles. The maximum absolute atomic E-state index is 5.24. The zero-order chi connectivity index (χ0) is 16.7. The molecule has 5 heteroatoms. The smallest absolute Gasteiger partial charge is 0.191 e. The summed E-state index contributed by atoms with van der Waals surface area (Å²) in [7, 11) is 5.88. The molecule has 0 amide bonds. The number of hydrogen-bond donors (Lipinski definition) is 2. The van der Waals surface area contributed by atoms with Crippen LogP contribution in [-0.4, -0.2) is 51.7 Å². The van der Waals surface area contributed by atoms with Crippen molar-refractivity contribution in [1.29, 1.82) is 0 Å². The first kappa shape index (κ1) is 17.6. The number of nitrogens with zero attached hydrogens (tertiary/aromatic N) is 2. The summed E-state index contributed by atoms with van der Waals surface area (Å²) < 4.78 is 5.24. The van der Waals surface area contributed by atoms with Crippen LogP contribution in [0, 0.1) is 5.92 Å². The van der Waals surface area contributed by atoms with Crippen LogP contribution in [0.25, 0.3) is 0 Å². The average Bonchev–Trinajstić information content (AvgIpc) is 3.37. The quantitative estimate of drug-likeness (QED) is 0.570. The lowest BCUT2D eigenvalue weighted by Crippen LogP contribution is -2.39. The van der Waals surface area contributed by atoms with E-state index in [1.54, 1.807) is 7.11 Å². The molecule has 0 saturated heterocycles. The van der Waals surface area contributed by atoms with E-state index in [-0.39, 0.29) is 6.04 Å². The van der Waals surface area contributed by atoms with Crippen LogP contribution in [0.3, 0.4) is 0 Å². The molecule has 0 heterocycles. The van der Waals surface area contributed by atoms with E-state index in [4.69, 9.17) is 9.73 Å². The molecule has 0 spiro atoms. The van der Waals surface area contributed by atoms with Crippen LogP contribution in [0.2, 0.25) is 0 Å². The Morgan fingerprint density at radius 1 is 1.26 bits per heavy atom. The number of methoxy groups -OCH3 is 1. The van der Waals surface area contributed by atoms with Crippen molar-refractivity contribution in [1.82, 2.24) is 15.5 Å². The van der Waals surface area contributed by atoms with Crippen molar-refractivity contribution in [3.63, 3.8) is 0 Å². The van der Waals surface area contributed by atoms with E-state index in [0.29, 0.717) is 0 Å². The number of rotatable bonds is 8. The van der Waals surface area contributed by atoms with Gasteiger partial charge in [0.05, 0.1) is 19.7 Å². The van der Waals surface area contributed by atoms with E-state index in [9.17, 15) is 0 Å². The van der Waals surface area contributed by atoms with Crippen molar-refractivity contribution < 1.29 is 4.74 Å². The molecule has 1 aliphatic rings. The number of aliphatic imine (C=N–C) groups is 1. The van der Waals surface area contributed by atoms with Gasteiger partial charge in [0, 0.05) is 13.1 Å². The second-order valence-corrected chi connectivity index (χ2v) is 6.30. The summed E-state index contributed by atoms with van der Waals surface area (Å²) in [5.74, 6) is 2.64. The van der Waals surface area contributed by atoms with E-state index < -0.39 is 0 Å². The highest BCUT2D eigenvalue weighted by molar-refractivity contribution is 5.79. The second-order valence-electron chi connectivity index (χ2n) is 6.30. The summed E-state index contributed by atoms with van der Waals surface area (Å²) >= 11 is 0. The third kappa shape index (κ3) is 5.75. The fourth-order valence-corrected chi connectivity index (χ4v) is 2.48. The third-order valence-electron chi connectivity index (χ3n) is 4.15. The monoisotopic (exact) mass is 318 g/mol. The maximum Gasteiger partial charge on any atom is 0.191 e. The van der Waals surface area contributed by atoms with Gasteiger partial charge in [0.2, 0.25) is 0 Å². The normalized spacial score (nSPS) is 16.3. The molecule has 1 atom stereocenters. The number of likely N-dealkylation sites (N-methyl/N-ethyl adjacent to an activating group) is 1. The largest absolute Gasteiger partial charge is 0.497 e. The highest BCUT2D eigenvalue weighted by atomic mass is 16.5. The standard InChI is InChI=1S/C18H30N4O/c1-5-19-18(20-12-14-6-7-14)21-13-17(22(2)3)15-8-10-16(23-4)11-9-15/h8-11,14,17H,5-7,12-13H2,1-4H3,(H2,19,20,21). The molecule has 1 aliphatic carbocycles. The Balaban J connectivity index is 2.01. The van der Waals surface area contributed by atoms with Gasteiger partial charge in [0.15, 0.2) is 5.96 Å². The van der Waals surface area contributed by atoms with Gasteiger partial charge in [-0.15, -0.1) is 0 Å². The maximum atomic E-state index is 5.24. The average molecular weight is 318 g/mol. The molecule has 0 bridgehead atoms. The molecule has 2 N–H and O–H groups in total. The highest BCUT2D eigenvalue weighted by Gasteiger charge is 2.21. The van der Waals surface area contributed by atoms with Gasteiger partial charge in [-0.3, -0.25) is 4.99 Å². The lowest BCUT2D eigenvalue weighted by molar-refractivity contribution is 0.306. The molecule has 2 rings (SSSR count). The minimum absolute atomic E-state index is 0.247. The lowest BCUT2D eigenvalue weighted by Gasteiger charge is -2.24. The molecule has 128 valence electrons. The molecule has 5 nitrogen and oxygen atoms in total. The Kier molecular flexibility index (Phi) is 6.71. The van der Waals surface area contributed by atoms with E-state index in [1.807, 2.05) is 12.1 Å². The molecular formula is C18H30N4O. The lowest BCUT2D eigenvalue weighted by atomic mass is 10.1. The van der Waals surface area contributed by atoms with Crippen LogP contribution in [-0.2, 0) is 0 Å². The van der Waals surface area contributed by atoms with E-state index >= 15 is 0 Å². The van der Waals surface area contributed by atoms with E-state index in [2.05, 4.69) is 48.7 Å². The number of nitrogens with one attached hydrogen (secondary N) is 2. The van der Waals surface area contributed by atoms with Gasteiger partial charge in [-0.2, -0.15) is 0 Å². The van der Waals surface area contributed by atoms with Gasteiger partial charge >= 0.3 is 0 Å². The van der Waals surface area contributed by atoms with Crippen molar-refractivity contribution >= 4 is 5.96 Å². The molecule has 1 aromatic carbocycles. The van der Waals surface area contributed by atoms with Crippen LogP contribution in [0.15, 0.2) is 29.3 Å². The molecule has 0 aromatic heterocycles. The summed E-state index contributed by atoms with van der Waals surface area (Å²) in [6, 6.07) is 8.49. The van der Waals surface area contributed by atoms with Crippen molar-refractivity contribution in [2.45, 2.75) is 25.8 Å². The SMILES string of the molecule is CCNC(=NCC(c1ccc(OC)cc1)N(C)C)NCC1CC1. The molecule has 0 radical (unpaired) electrons. The van der Waals surface area contributed by atoms with Crippen molar-refractivity contribution in [3.8, 4) is 5.75 Å². The Morgan fingerprint density at radius 3 is 2.48 bits per heavy atom. The Bertz CT molecular complexity index is 494. The summed E-state index contributed by atoms with van der Waals surface area (Å²) in [6.45, 7) is 4.73. The van der Waals surface area contributed by atoms with Crippen LogP contribution in [0.4, 0.5) is 0 Å². The predicted molar refractivity (Wildman–Crippen MR) is 96.1 cm³/mol. The summed E-state index contributed by atoms with van der Waals surface area (Å²) in [6.07, 6.45) is 2.69. The highest BCUT2D eigenvalue weighted by Crippen LogP contribution is 2.27. The van der Waals surface area contributed by atoms with Crippen molar-refractivity contribution in [2.75, 3.05) is 40.8 Å². The number of guanidine groups is 1. The van der Waals surface area contributed by atoms with Crippen LogP contribution >= 0.6 is 0 Å². The first-order valence-corrected chi connectivity index (χ1v) is 8.46. The van der Waals surface area contributed by atoms with Gasteiger partial charge in [-0.1, -0.05) is 12.1 Å². The molecule has 1 unspecified atom stereocenters. The first-order valence-electron chi connectivity index (χ1n) is 8.46. The minimum atomic E-state index is 0.247. The van der Waals surface area contributed by atoms with Gasteiger partial charge in [0.1, 0.15) is 5.75 Å². The Hall–Kier alpha value is -1.75. The van der Waals surface area contributed by atoms with Crippen LogP contribution in [0.1, 0.15) is 31.4 Å². The number of hydrogen-bond acceptors (Lipinski definition) is 3. The van der Waals surface area contributed by atoms with Crippen LogP contribution < -0.4 is 15.4 Å². The summed E-state index contributed by atoms with van der Waals surface area (Å²) in [4.78, 5) is 6.98. The topological polar surface area (TPSA) is 48.9 Å². The Morgan fingerprint density at radius 2 is 1.96 bits per heavy atom. The third-order valence-corrected chi connectivity index (χ3v) is 4.15. The zero-order valence-electron chi connectivity index (χ0n) is 14.8. The molecule has 1 aromatic rings. The van der Waals surface area contributed by atoms with Gasteiger partial charge in [0.25, 0.3) is 0 Å². The van der Waals surface area contributed by atoms with Crippen molar-refractivity contribution in [2.24, 2.45) is 10.9 Å². The molecule has 1 fully saturated rings. The number of ether oxygens (including phenoxy) is 1.